The predicted octanol–water partition coefficient (Wildman–Crippen LogP) is 2.75. The lowest BCUT2D eigenvalue weighted by Crippen LogP contribution is -2.26. The molecule has 18 heavy (non-hydrogen) atoms. The minimum atomic E-state index is 0.707. The zero-order valence-electron chi connectivity index (χ0n) is 11.8. The zero-order chi connectivity index (χ0) is 13.0. The normalized spacial score (nSPS) is 23.7. The number of rotatable bonds is 6. The van der Waals surface area contributed by atoms with E-state index in [1.165, 1.54) is 36.3 Å². The van der Waals surface area contributed by atoms with Gasteiger partial charge in [-0.15, -0.1) is 0 Å². The van der Waals surface area contributed by atoms with Crippen LogP contribution in [0.1, 0.15) is 44.4 Å². The summed E-state index contributed by atoms with van der Waals surface area (Å²) in [5.74, 6) is 1.25. The number of hydrogen-bond acceptors (Lipinski definition) is 3. The van der Waals surface area contributed by atoms with Gasteiger partial charge in [-0.25, -0.2) is 0 Å². The van der Waals surface area contributed by atoms with Crippen LogP contribution in [0.2, 0.25) is 0 Å². The second-order valence-corrected chi connectivity index (χ2v) is 6.67. The minimum absolute atomic E-state index is 0.707. The van der Waals surface area contributed by atoms with Crippen LogP contribution in [0.5, 0.6) is 0 Å². The van der Waals surface area contributed by atoms with Crippen molar-refractivity contribution in [3.63, 3.8) is 0 Å². The Kier molecular flexibility index (Phi) is 5.13. The smallest absolute Gasteiger partial charge is 0.0666 e. The molecule has 1 aliphatic carbocycles. The average Bonchev–Trinajstić information content (AvgIpc) is 2.93. The standard InChI is InChI=1S/C14H25N3S/c1-4-14-11(10-17(3)16-14)9-15-12-6-7-13(8-12)18-5-2/h10,12-13,15H,4-9H2,1-3H3. The Morgan fingerprint density at radius 3 is 3.00 bits per heavy atom. The molecular formula is C14H25N3S. The second kappa shape index (κ2) is 6.62. The summed E-state index contributed by atoms with van der Waals surface area (Å²) in [6.45, 7) is 5.41. The highest BCUT2D eigenvalue weighted by Crippen LogP contribution is 2.29. The molecule has 0 aliphatic heterocycles. The number of thioether (sulfide) groups is 1. The van der Waals surface area contributed by atoms with Crippen LogP contribution in [-0.2, 0) is 20.0 Å². The Morgan fingerprint density at radius 1 is 1.44 bits per heavy atom. The van der Waals surface area contributed by atoms with Crippen LogP contribution in [0.25, 0.3) is 0 Å². The van der Waals surface area contributed by atoms with Gasteiger partial charge in [-0.2, -0.15) is 16.9 Å². The van der Waals surface area contributed by atoms with Gasteiger partial charge in [0.15, 0.2) is 0 Å². The van der Waals surface area contributed by atoms with Crippen LogP contribution in [-0.4, -0.2) is 26.8 Å². The summed E-state index contributed by atoms with van der Waals surface area (Å²) in [5, 5.41) is 9.08. The number of aromatic nitrogens is 2. The molecule has 102 valence electrons. The Labute approximate surface area is 115 Å². The van der Waals surface area contributed by atoms with Crippen LogP contribution < -0.4 is 5.32 Å². The van der Waals surface area contributed by atoms with E-state index in [0.29, 0.717) is 6.04 Å². The first-order valence-electron chi connectivity index (χ1n) is 7.09. The van der Waals surface area contributed by atoms with Crippen molar-refractivity contribution < 1.29 is 0 Å². The van der Waals surface area contributed by atoms with Crippen molar-refractivity contribution in [1.82, 2.24) is 15.1 Å². The van der Waals surface area contributed by atoms with Crippen LogP contribution in [0.15, 0.2) is 6.20 Å². The van der Waals surface area contributed by atoms with E-state index >= 15 is 0 Å². The molecule has 2 rings (SSSR count). The largest absolute Gasteiger partial charge is 0.310 e. The van der Waals surface area contributed by atoms with E-state index < -0.39 is 0 Å². The summed E-state index contributed by atoms with van der Waals surface area (Å²) in [5.41, 5.74) is 2.61. The lowest BCUT2D eigenvalue weighted by molar-refractivity contribution is 0.523. The summed E-state index contributed by atoms with van der Waals surface area (Å²) < 4.78 is 1.93. The second-order valence-electron chi connectivity index (χ2n) is 5.10. The van der Waals surface area contributed by atoms with Gasteiger partial charge >= 0.3 is 0 Å². The Morgan fingerprint density at radius 2 is 2.28 bits per heavy atom. The monoisotopic (exact) mass is 267 g/mol. The number of nitrogens with zero attached hydrogens (tertiary/aromatic N) is 2. The van der Waals surface area contributed by atoms with E-state index in [4.69, 9.17) is 0 Å². The van der Waals surface area contributed by atoms with Gasteiger partial charge in [-0.1, -0.05) is 13.8 Å². The van der Waals surface area contributed by atoms with Crippen molar-refractivity contribution in [2.45, 2.75) is 57.4 Å². The molecule has 0 aromatic carbocycles. The molecule has 1 aromatic rings. The third-order valence-electron chi connectivity index (χ3n) is 3.69. The first kappa shape index (κ1) is 13.9. The zero-order valence-corrected chi connectivity index (χ0v) is 12.6. The van der Waals surface area contributed by atoms with Gasteiger partial charge in [0.1, 0.15) is 0 Å². The fourth-order valence-electron chi connectivity index (χ4n) is 2.80. The van der Waals surface area contributed by atoms with Gasteiger partial charge < -0.3 is 5.32 Å². The highest BCUT2D eigenvalue weighted by atomic mass is 32.2. The molecule has 1 fully saturated rings. The van der Waals surface area contributed by atoms with E-state index in [1.54, 1.807) is 0 Å². The fraction of sp³-hybridized carbons (Fsp3) is 0.786. The quantitative estimate of drug-likeness (QED) is 0.859. The molecule has 0 bridgehead atoms. The van der Waals surface area contributed by atoms with Crippen molar-refractivity contribution in [3.8, 4) is 0 Å². The van der Waals surface area contributed by atoms with Crippen molar-refractivity contribution in [2.75, 3.05) is 5.75 Å². The van der Waals surface area contributed by atoms with Gasteiger partial charge in [0, 0.05) is 36.6 Å². The first-order chi connectivity index (χ1) is 8.72. The molecule has 4 heteroatoms. The molecule has 1 saturated carbocycles. The van der Waals surface area contributed by atoms with E-state index in [2.05, 4.69) is 42.2 Å². The van der Waals surface area contributed by atoms with E-state index in [0.717, 1.165) is 18.2 Å². The molecule has 1 aromatic heterocycles. The third-order valence-corrected chi connectivity index (χ3v) is 4.93. The number of hydrogen-bond donors (Lipinski definition) is 1. The highest BCUT2D eigenvalue weighted by molar-refractivity contribution is 7.99. The molecule has 1 aliphatic rings. The third kappa shape index (κ3) is 3.51. The van der Waals surface area contributed by atoms with Crippen molar-refractivity contribution in [1.29, 1.82) is 0 Å². The lowest BCUT2D eigenvalue weighted by Gasteiger charge is -2.12. The van der Waals surface area contributed by atoms with Gasteiger partial charge in [-0.3, -0.25) is 4.68 Å². The van der Waals surface area contributed by atoms with Crippen LogP contribution in [0, 0.1) is 0 Å². The molecule has 0 saturated heterocycles. The van der Waals surface area contributed by atoms with Crippen molar-refractivity contribution in [2.24, 2.45) is 7.05 Å². The molecular weight excluding hydrogens is 242 g/mol. The van der Waals surface area contributed by atoms with Crippen LogP contribution in [0.4, 0.5) is 0 Å². The van der Waals surface area contributed by atoms with Gasteiger partial charge in [0.2, 0.25) is 0 Å². The number of nitrogens with one attached hydrogen (secondary N) is 1. The predicted molar refractivity (Wildman–Crippen MR) is 79.0 cm³/mol. The molecule has 0 amide bonds. The maximum absolute atomic E-state index is 4.49. The molecule has 1 N–H and O–H groups in total. The molecule has 1 heterocycles. The van der Waals surface area contributed by atoms with Crippen molar-refractivity contribution in [3.05, 3.63) is 17.5 Å². The van der Waals surface area contributed by atoms with Gasteiger partial charge in [0.05, 0.1) is 5.69 Å². The molecule has 0 spiro atoms. The van der Waals surface area contributed by atoms with Gasteiger partial charge in [-0.05, 0) is 31.4 Å². The molecule has 3 nitrogen and oxygen atoms in total. The lowest BCUT2D eigenvalue weighted by atomic mass is 10.2. The van der Waals surface area contributed by atoms with Crippen LogP contribution in [0.3, 0.4) is 0 Å². The first-order valence-corrected chi connectivity index (χ1v) is 8.14. The Balaban J connectivity index is 1.81. The summed E-state index contributed by atoms with van der Waals surface area (Å²) in [6.07, 6.45) is 7.22. The maximum Gasteiger partial charge on any atom is 0.0666 e. The van der Waals surface area contributed by atoms with E-state index in [1.807, 2.05) is 11.7 Å². The summed E-state index contributed by atoms with van der Waals surface area (Å²) in [4.78, 5) is 0. The van der Waals surface area contributed by atoms with E-state index in [9.17, 15) is 0 Å². The SMILES string of the molecule is CCSC1CCC(NCc2cn(C)nc2CC)C1. The number of aryl methyl sites for hydroxylation is 2. The van der Waals surface area contributed by atoms with Crippen molar-refractivity contribution >= 4 is 11.8 Å². The summed E-state index contributed by atoms with van der Waals surface area (Å²) >= 11 is 2.12. The Hall–Kier alpha value is -0.480. The topological polar surface area (TPSA) is 29.9 Å². The fourth-order valence-corrected chi connectivity index (χ4v) is 3.94. The molecule has 0 radical (unpaired) electrons. The Bertz CT molecular complexity index is 375. The highest BCUT2D eigenvalue weighted by Gasteiger charge is 2.24. The molecule has 2 unspecified atom stereocenters. The minimum Gasteiger partial charge on any atom is -0.310 e. The van der Waals surface area contributed by atoms with E-state index in [-0.39, 0.29) is 0 Å². The summed E-state index contributed by atoms with van der Waals surface area (Å²) in [7, 11) is 2.01. The maximum atomic E-state index is 4.49. The summed E-state index contributed by atoms with van der Waals surface area (Å²) in [6, 6.07) is 0.707. The average molecular weight is 267 g/mol. The van der Waals surface area contributed by atoms with Gasteiger partial charge in [0.25, 0.3) is 0 Å². The molecule has 2 atom stereocenters. The van der Waals surface area contributed by atoms with Crippen LogP contribution >= 0.6 is 11.8 Å².